The number of imidazole rings is 1. The van der Waals surface area contributed by atoms with Crippen LogP contribution in [0.25, 0.3) is 0 Å². The lowest BCUT2D eigenvalue weighted by Crippen LogP contribution is -2.20. The number of aromatic nitrogens is 2. The first-order valence-corrected chi connectivity index (χ1v) is 3.12. The number of rotatable bonds is 2. The van der Waals surface area contributed by atoms with Gasteiger partial charge in [-0.1, -0.05) is 0 Å². The monoisotopic (exact) mass is 155 g/mol. The number of esters is 1. The van der Waals surface area contributed by atoms with Gasteiger partial charge < -0.3 is 15.0 Å². The number of carbonyl (C=O) groups excluding carboxylic acids is 1. The molecule has 1 aromatic heterocycles. The summed E-state index contributed by atoms with van der Waals surface area (Å²) in [5.41, 5.74) is 5.03. The number of nitrogens with zero attached hydrogens (tertiary/aromatic N) is 2. The summed E-state index contributed by atoms with van der Waals surface area (Å²) >= 11 is 0. The lowest BCUT2D eigenvalue weighted by molar-refractivity contribution is -0.133. The van der Waals surface area contributed by atoms with Gasteiger partial charge in [0.2, 0.25) is 0 Å². The molecule has 0 aromatic carbocycles. The molecule has 0 aliphatic carbocycles. The SMILES string of the molecule is Cn1ccnc1OC(=O)CN. The Bertz CT molecular complexity index is 256. The number of nitrogens with two attached hydrogens (primary N) is 1. The summed E-state index contributed by atoms with van der Waals surface area (Å²) in [5.74, 6) is -0.487. The van der Waals surface area contributed by atoms with Gasteiger partial charge in [-0.15, -0.1) is 0 Å². The molecule has 1 heterocycles. The van der Waals surface area contributed by atoms with Gasteiger partial charge in [0.1, 0.15) is 0 Å². The highest BCUT2D eigenvalue weighted by Crippen LogP contribution is 2.03. The second-order valence-electron chi connectivity index (χ2n) is 2.00. The van der Waals surface area contributed by atoms with Gasteiger partial charge >= 0.3 is 12.0 Å². The Balaban J connectivity index is 2.64. The summed E-state index contributed by atoms with van der Waals surface area (Å²) in [6.45, 7) is -0.132. The van der Waals surface area contributed by atoms with Gasteiger partial charge in [0, 0.05) is 19.4 Å². The van der Waals surface area contributed by atoms with Crippen molar-refractivity contribution in [1.29, 1.82) is 0 Å². The molecule has 0 aliphatic heterocycles. The molecule has 1 rings (SSSR count). The highest BCUT2D eigenvalue weighted by atomic mass is 16.5. The van der Waals surface area contributed by atoms with E-state index in [1.54, 1.807) is 24.0 Å². The molecule has 0 aliphatic rings. The first-order chi connectivity index (χ1) is 5.24. The maximum absolute atomic E-state index is 10.6. The Morgan fingerprint density at radius 3 is 3.09 bits per heavy atom. The van der Waals surface area contributed by atoms with Crippen LogP contribution in [-0.4, -0.2) is 22.1 Å². The van der Waals surface area contributed by atoms with E-state index >= 15 is 0 Å². The van der Waals surface area contributed by atoms with Crippen molar-refractivity contribution in [1.82, 2.24) is 9.55 Å². The van der Waals surface area contributed by atoms with E-state index in [1.807, 2.05) is 0 Å². The number of carbonyl (C=O) groups is 1. The largest absolute Gasteiger partial charge is 0.391 e. The number of ether oxygens (including phenoxy) is 1. The molecule has 0 amide bonds. The molecule has 60 valence electrons. The second-order valence-corrected chi connectivity index (χ2v) is 2.00. The number of hydrogen-bond acceptors (Lipinski definition) is 4. The zero-order valence-corrected chi connectivity index (χ0v) is 6.15. The Kier molecular flexibility index (Phi) is 2.22. The fraction of sp³-hybridized carbons (Fsp3) is 0.333. The van der Waals surface area contributed by atoms with Crippen molar-refractivity contribution in [2.24, 2.45) is 12.8 Å². The molecule has 0 saturated heterocycles. The summed E-state index contributed by atoms with van der Waals surface area (Å²) in [7, 11) is 1.73. The third-order valence-corrected chi connectivity index (χ3v) is 1.15. The molecular weight excluding hydrogens is 146 g/mol. The Morgan fingerprint density at radius 1 is 1.91 bits per heavy atom. The lowest BCUT2D eigenvalue weighted by atomic mass is 10.7. The summed E-state index contributed by atoms with van der Waals surface area (Å²) in [5, 5.41) is 0. The molecule has 0 radical (unpaired) electrons. The average molecular weight is 155 g/mol. The molecule has 1 aromatic rings. The molecule has 0 spiro atoms. The van der Waals surface area contributed by atoms with Gasteiger partial charge in [0.25, 0.3) is 0 Å². The molecule has 0 fully saturated rings. The zero-order valence-electron chi connectivity index (χ0n) is 6.15. The van der Waals surface area contributed by atoms with Crippen molar-refractivity contribution < 1.29 is 9.53 Å². The lowest BCUT2D eigenvalue weighted by Gasteiger charge is -1.99. The third kappa shape index (κ3) is 1.78. The molecule has 11 heavy (non-hydrogen) atoms. The quantitative estimate of drug-likeness (QED) is 0.572. The van der Waals surface area contributed by atoms with Gasteiger partial charge in [-0.3, -0.25) is 4.79 Å². The molecule has 2 N–H and O–H groups in total. The second kappa shape index (κ2) is 3.16. The van der Waals surface area contributed by atoms with Crippen LogP contribution in [0.15, 0.2) is 12.4 Å². The van der Waals surface area contributed by atoms with E-state index in [-0.39, 0.29) is 12.6 Å². The van der Waals surface area contributed by atoms with Crippen LogP contribution in [0, 0.1) is 0 Å². The summed E-state index contributed by atoms with van der Waals surface area (Å²) in [6.07, 6.45) is 3.22. The minimum absolute atomic E-state index is 0.132. The van der Waals surface area contributed by atoms with Crippen LogP contribution in [0.1, 0.15) is 0 Å². The normalized spacial score (nSPS) is 9.64. The van der Waals surface area contributed by atoms with Gasteiger partial charge in [-0.05, 0) is 0 Å². The van der Waals surface area contributed by atoms with Crippen LogP contribution in [0.4, 0.5) is 0 Å². The maximum atomic E-state index is 10.6. The van der Waals surface area contributed by atoms with Crippen molar-refractivity contribution in [2.45, 2.75) is 0 Å². The first kappa shape index (κ1) is 7.74. The highest BCUT2D eigenvalue weighted by Gasteiger charge is 2.04. The Morgan fingerprint density at radius 2 is 2.64 bits per heavy atom. The summed E-state index contributed by atoms with van der Waals surface area (Å²) in [6, 6.07) is 0.264. The standard InChI is InChI=1S/C6H9N3O2/c1-9-3-2-8-6(9)11-5(10)4-7/h2-3H,4,7H2,1H3. The molecule has 0 atom stereocenters. The average Bonchev–Trinajstić information content (AvgIpc) is 2.37. The van der Waals surface area contributed by atoms with Gasteiger partial charge in [-0.2, -0.15) is 0 Å². The smallest absolute Gasteiger partial charge is 0.327 e. The molecule has 0 bridgehead atoms. The van der Waals surface area contributed by atoms with E-state index < -0.39 is 5.97 Å². The zero-order chi connectivity index (χ0) is 8.27. The number of hydrogen-bond donors (Lipinski definition) is 1. The summed E-state index contributed by atoms with van der Waals surface area (Å²) < 4.78 is 6.31. The summed E-state index contributed by atoms with van der Waals surface area (Å²) in [4.78, 5) is 14.4. The number of aryl methyl sites for hydroxylation is 1. The molecule has 5 nitrogen and oxygen atoms in total. The predicted molar refractivity (Wildman–Crippen MR) is 37.9 cm³/mol. The van der Waals surface area contributed by atoms with Crippen LogP contribution >= 0.6 is 0 Å². The molecular formula is C6H9N3O2. The fourth-order valence-electron chi connectivity index (χ4n) is 0.594. The van der Waals surface area contributed by atoms with Crippen molar-refractivity contribution in [2.75, 3.05) is 6.54 Å². The van der Waals surface area contributed by atoms with Crippen LogP contribution < -0.4 is 10.5 Å². The van der Waals surface area contributed by atoms with Gasteiger partial charge in [-0.25, -0.2) is 4.98 Å². The van der Waals surface area contributed by atoms with Crippen LogP contribution in [0.3, 0.4) is 0 Å². The molecule has 0 unspecified atom stereocenters. The third-order valence-electron chi connectivity index (χ3n) is 1.15. The van der Waals surface area contributed by atoms with E-state index in [1.165, 1.54) is 0 Å². The Hall–Kier alpha value is -1.36. The van der Waals surface area contributed by atoms with Crippen molar-refractivity contribution >= 4 is 5.97 Å². The molecule has 0 saturated carbocycles. The highest BCUT2D eigenvalue weighted by molar-refractivity contribution is 5.73. The van der Waals surface area contributed by atoms with Crippen LogP contribution in [0.2, 0.25) is 0 Å². The van der Waals surface area contributed by atoms with E-state index in [9.17, 15) is 4.79 Å². The predicted octanol–water partition coefficient (Wildman–Crippen LogP) is -0.716. The van der Waals surface area contributed by atoms with Crippen molar-refractivity contribution in [3.05, 3.63) is 12.4 Å². The van der Waals surface area contributed by atoms with Gasteiger partial charge in [0.05, 0.1) is 6.54 Å². The molecule has 5 heteroatoms. The van der Waals surface area contributed by atoms with Crippen LogP contribution in [0.5, 0.6) is 6.01 Å². The van der Waals surface area contributed by atoms with Gasteiger partial charge in [0.15, 0.2) is 0 Å². The topological polar surface area (TPSA) is 70.1 Å². The minimum Gasteiger partial charge on any atom is -0.391 e. The van der Waals surface area contributed by atoms with E-state index in [0.29, 0.717) is 0 Å². The van der Waals surface area contributed by atoms with E-state index in [2.05, 4.69) is 4.98 Å². The Labute approximate surface area is 63.8 Å². The minimum atomic E-state index is -0.487. The van der Waals surface area contributed by atoms with E-state index in [0.717, 1.165) is 0 Å². The fourth-order valence-corrected chi connectivity index (χ4v) is 0.594. The van der Waals surface area contributed by atoms with Crippen molar-refractivity contribution in [3.63, 3.8) is 0 Å². The van der Waals surface area contributed by atoms with E-state index in [4.69, 9.17) is 10.5 Å². The van der Waals surface area contributed by atoms with Crippen LogP contribution in [-0.2, 0) is 11.8 Å². The maximum Gasteiger partial charge on any atom is 0.327 e. The first-order valence-electron chi connectivity index (χ1n) is 3.12. The van der Waals surface area contributed by atoms with Crippen molar-refractivity contribution in [3.8, 4) is 6.01 Å².